The molecule has 1 aromatic heterocycles. The molecule has 156 valence electrons. The second-order valence-electron chi connectivity index (χ2n) is 7.65. The first-order valence-electron chi connectivity index (χ1n) is 10.3. The summed E-state index contributed by atoms with van der Waals surface area (Å²) < 4.78 is 15.4. The molecule has 1 saturated heterocycles. The van der Waals surface area contributed by atoms with E-state index in [-0.39, 0.29) is 24.2 Å². The van der Waals surface area contributed by atoms with Crippen molar-refractivity contribution in [1.29, 1.82) is 0 Å². The van der Waals surface area contributed by atoms with Gasteiger partial charge in [0.05, 0.1) is 5.69 Å². The molecule has 6 nitrogen and oxygen atoms in total. The fraction of sp³-hybridized carbons (Fsp3) is 0.500. The molecule has 7 heteroatoms. The first-order chi connectivity index (χ1) is 14.0. The Bertz CT molecular complexity index is 864. The average molecular weight is 400 g/mol. The van der Waals surface area contributed by atoms with Gasteiger partial charge in [0.15, 0.2) is 0 Å². The lowest BCUT2D eigenvalue weighted by atomic mass is 9.93. The minimum absolute atomic E-state index is 0.0150. The van der Waals surface area contributed by atoms with Crippen LogP contribution in [0.5, 0.6) is 0 Å². The second-order valence-corrected chi connectivity index (χ2v) is 7.65. The van der Waals surface area contributed by atoms with Gasteiger partial charge in [0.25, 0.3) is 5.91 Å². The van der Waals surface area contributed by atoms with Crippen LogP contribution in [0.15, 0.2) is 30.3 Å². The summed E-state index contributed by atoms with van der Waals surface area (Å²) in [6, 6.07) is 8.28. The molecule has 0 unspecified atom stereocenters. The normalized spacial score (nSPS) is 16.7. The molecule has 2 heterocycles. The molecule has 3 rings (SSSR count). The third-order valence-electron chi connectivity index (χ3n) is 5.44. The number of hydrogen-bond donors (Lipinski definition) is 1. The number of benzene rings is 1. The lowest BCUT2D eigenvalue weighted by Crippen LogP contribution is -2.41. The van der Waals surface area contributed by atoms with Gasteiger partial charge in [-0.25, -0.2) is 4.39 Å². The molecule has 0 aliphatic carbocycles. The topological polar surface area (TPSA) is 67.2 Å². The molecule has 29 heavy (non-hydrogen) atoms. The number of halogens is 1. The zero-order valence-corrected chi connectivity index (χ0v) is 17.2. The van der Waals surface area contributed by atoms with Gasteiger partial charge < -0.3 is 10.2 Å². The molecule has 0 spiro atoms. The van der Waals surface area contributed by atoms with Gasteiger partial charge in [-0.3, -0.25) is 14.3 Å². The van der Waals surface area contributed by atoms with E-state index in [2.05, 4.69) is 10.4 Å². The largest absolute Gasteiger partial charge is 0.352 e. The highest BCUT2D eigenvalue weighted by Gasteiger charge is 2.27. The number of carbonyl (C=O) groups excluding carboxylic acids is 2. The Kier molecular flexibility index (Phi) is 7.01. The molecule has 1 N–H and O–H groups in total. The molecule has 2 amide bonds. The van der Waals surface area contributed by atoms with Crippen molar-refractivity contribution in [3.05, 3.63) is 53.1 Å². The zero-order chi connectivity index (χ0) is 20.8. The van der Waals surface area contributed by atoms with Gasteiger partial charge in [-0.05, 0) is 51.2 Å². The summed E-state index contributed by atoms with van der Waals surface area (Å²) >= 11 is 0. The van der Waals surface area contributed by atoms with Gasteiger partial charge in [0.1, 0.15) is 11.5 Å². The van der Waals surface area contributed by atoms with E-state index in [1.807, 2.05) is 24.8 Å². The molecule has 2 aromatic rings. The summed E-state index contributed by atoms with van der Waals surface area (Å²) in [5.74, 6) is -0.0839. The number of carbonyl (C=O) groups is 2. The van der Waals surface area contributed by atoms with Crippen LogP contribution >= 0.6 is 0 Å². The molecule has 0 saturated carbocycles. The van der Waals surface area contributed by atoms with Crippen molar-refractivity contribution >= 4 is 11.8 Å². The number of aryl methyl sites for hydroxylation is 2. The van der Waals surface area contributed by atoms with Gasteiger partial charge in [0.2, 0.25) is 5.91 Å². The van der Waals surface area contributed by atoms with E-state index in [1.54, 1.807) is 22.9 Å². The average Bonchev–Trinajstić information content (AvgIpc) is 3.12. The summed E-state index contributed by atoms with van der Waals surface area (Å²) in [6.45, 7) is 6.12. The van der Waals surface area contributed by atoms with E-state index < -0.39 is 0 Å². The third-order valence-corrected chi connectivity index (χ3v) is 5.44. The fourth-order valence-electron chi connectivity index (χ4n) is 3.87. The van der Waals surface area contributed by atoms with Gasteiger partial charge in [-0.2, -0.15) is 5.10 Å². The minimum atomic E-state index is -0.309. The summed E-state index contributed by atoms with van der Waals surface area (Å²) in [5, 5.41) is 7.15. The second kappa shape index (κ2) is 9.67. The number of nitrogens with one attached hydrogen (secondary N) is 1. The summed E-state index contributed by atoms with van der Waals surface area (Å²) in [7, 11) is 0. The Labute approximate surface area is 171 Å². The number of likely N-dealkylation sites (tertiary alicyclic amines) is 1. The number of amides is 2. The van der Waals surface area contributed by atoms with Crippen LogP contribution in [0.1, 0.15) is 54.4 Å². The Hall–Kier alpha value is -2.70. The quantitative estimate of drug-likeness (QED) is 0.775. The molecule has 1 aliphatic rings. The highest BCUT2D eigenvalue weighted by atomic mass is 19.1. The van der Waals surface area contributed by atoms with E-state index in [0.717, 1.165) is 31.5 Å². The maximum Gasteiger partial charge on any atom is 0.272 e. The lowest BCUT2D eigenvalue weighted by molar-refractivity contribution is -0.121. The van der Waals surface area contributed by atoms with Crippen LogP contribution in [-0.2, 0) is 17.9 Å². The Morgan fingerprint density at radius 3 is 2.86 bits per heavy atom. The smallest absolute Gasteiger partial charge is 0.272 e. The summed E-state index contributed by atoms with van der Waals surface area (Å²) in [4.78, 5) is 27.0. The highest BCUT2D eigenvalue weighted by molar-refractivity contribution is 5.92. The SMILES string of the molecule is CCn1nc(C)cc1C(=O)N1CCC[C@@H](CCC(=O)NCc2ccccc2F)C1. The van der Waals surface area contributed by atoms with Gasteiger partial charge in [-0.15, -0.1) is 0 Å². The van der Waals surface area contributed by atoms with Crippen molar-refractivity contribution in [1.82, 2.24) is 20.0 Å². The summed E-state index contributed by atoms with van der Waals surface area (Å²) in [5.41, 5.74) is 1.96. The van der Waals surface area contributed by atoms with Crippen molar-refractivity contribution in [2.24, 2.45) is 5.92 Å². The molecular formula is C22H29FN4O2. The first kappa shape index (κ1) is 21.0. The molecule has 0 radical (unpaired) electrons. The van der Waals surface area contributed by atoms with E-state index in [4.69, 9.17) is 0 Å². The van der Waals surface area contributed by atoms with E-state index in [1.165, 1.54) is 6.07 Å². The van der Waals surface area contributed by atoms with Crippen LogP contribution in [0.4, 0.5) is 4.39 Å². The molecule has 1 fully saturated rings. The van der Waals surface area contributed by atoms with Crippen LogP contribution in [0, 0.1) is 18.7 Å². The number of aromatic nitrogens is 2. The fourth-order valence-corrected chi connectivity index (χ4v) is 3.87. The van der Waals surface area contributed by atoms with Crippen LogP contribution in [0.3, 0.4) is 0 Å². The van der Waals surface area contributed by atoms with E-state index >= 15 is 0 Å². The van der Waals surface area contributed by atoms with Crippen LogP contribution < -0.4 is 5.32 Å². The highest BCUT2D eigenvalue weighted by Crippen LogP contribution is 2.23. The van der Waals surface area contributed by atoms with Crippen molar-refractivity contribution in [3.8, 4) is 0 Å². The Morgan fingerprint density at radius 2 is 2.10 bits per heavy atom. The predicted octanol–water partition coefficient (Wildman–Crippen LogP) is 3.30. The molecular weight excluding hydrogens is 371 g/mol. The minimum Gasteiger partial charge on any atom is -0.352 e. The standard InChI is InChI=1S/C22H29FN4O2/c1-3-27-20(13-16(2)25-27)22(29)26-12-6-7-17(15-26)10-11-21(28)24-14-18-8-4-5-9-19(18)23/h4-5,8-9,13,17H,3,6-7,10-12,14-15H2,1-2H3,(H,24,28)/t17-/m0/s1. The van der Waals surface area contributed by atoms with Crippen molar-refractivity contribution in [2.75, 3.05) is 13.1 Å². The zero-order valence-electron chi connectivity index (χ0n) is 17.2. The van der Waals surface area contributed by atoms with Crippen molar-refractivity contribution in [3.63, 3.8) is 0 Å². The molecule has 0 bridgehead atoms. The van der Waals surface area contributed by atoms with Crippen LogP contribution in [-0.4, -0.2) is 39.6 Å². The summed E-state index contributed by atoms with van der Waals surface area (Å²) in [6.07, 6.45) is 3.05. The lowest BCUT2D eigenvalue weighted by Gasteiger charge is -2.32. The van der Waals surface area contributed by atoms with Crippen molar-refractivity contribution in [2.45, 2.75) is 52.6 Å². The Balaban J connectivity index is 1.48. The van der Waals surface area contributed by atoms with Crippen molar-refractivity contribution < 1.29 is 14.0 Å². The van der Waals surface area contributed by atoms with Crippen LogP contribution in [0.2, 0.25) is 0 Å². The molecule has 1 aliphatic heterocycles. The van der Waals surface area contributed by atoms with Gasteiger partial charge in [0, 0.05) is 38.2 Å². The van der Waals surface area contributed by atoms with Gasteiger partial charge in [-0.1, -0.05) is 18.2 Å². The number of rotatable bonds is 7. The monoisotopic (exact) mass is 400 g/mol. The van der Waals surface area contributed by atoms with E-state index in [9.17, 15) is 14.0 Å². The van der Waals surface area contributed by atoms with Crippen LogP contribution in [0.25, 0.3) is 0 Å². The third kappa shape index (κ3) is 5.43. The number of hydrogen-bond acceptors (Lipinski definition) is 3. The number of piperidine rings is 1. The predicted molar refractivity (Wildman–Crippen MR) is 109 cm³/mol. The number of nitrogens with zero attached hydrogens (tertiary/aromatic N) is 3. The molecule has 1 aromatic carbocycles. The maximum atomic E-state index is 13.6. The maximum absolute atomic E-state index is 13.6. The Morgan fingerprint density at radius 1 is 1.31 bits per heavy atom. The van der Waals surface area contributed by atoms with Gasteiger partial charge >= 0.3 is 0 Å². The first-order valence-corrected chi connectivity index (χ1v) is 10.3. The van der Waals surface area contributed by atoms with E-state index in [0.29, 0.717) is 36.7 Å². The molecule has 1 atom stereocenters.